The number of piperidine rings is 1. The van der Waals surface area contributed by atoms with E-state index in [-0.39, 0.29) is 12.0 Å². The Kier molecular flexibility index (Phi) is 5.25. The number of pyridine rings is 1. The van der Waals surface area contributed by atoms with E-state index in [4.69, 9.17) is 0 Å². The molecule has 126 valence electrons. The lowest BCUT2D eigenvalue weighted by Crippen LogP contribution is -2.44. The molecule has 1 atom stereocenters. The van der Waals surface area contributed by atoms with Gasteiger partial charge in [0.1, 0.15) is 0 Å². The number of aliphatic hydroxyl groups is 1. The number of aliphatic hydroxyl groups excluding tert-OH is 1. The zero-order valence-corrected chi connectivity index (χ0v) is 13.8. The van der Waals surface area contributed by atoms with E-state index in [0.717, 1.165) is 50.2 Å². The highest BCUT2D eigenvalue weighted by atomic mass is 16.3. The van der Waals surface area contributed by atoms with Crippen LogP contribution in [0.1, 0.15) is 35.2 Å². The molecule has 6 heteroatoms. The number of nitrogens with zero attached hydrogens (tertiary/aromatic N) is 2. The van der Waals surface area contributed by atoms with Gasteiger partial charge in [0.2, 0.25) is 5.91 Å². The first-order valence-corrected chi connectivity index (χ1v) is 8.47. The summed E-state index contributed by atoms with van der Waals surface area (Å²) >= 11 is 0. The highest BCUT2D eigenvalue weighted by molar-refractivity contribution is 5.78. The maximum Gasteiger partial charge on any atom is 0.234 e. The van der Waals surface area contributed by atoms with E-state index in [1.807, 2.05) is 18.0 Å². The number of carbonyl (C=O) groups excluding carboxylic acids is 1. The van der Waals surface area contributed by atoms with Crippen LogP contribution in [-0.2, 0) is 24.3 Å². The van der Waals surface area contributed by atoms with Gasteiger partial charge in [-0.15, -0.1) is 0 Å². The maximum absolute atomic E-state index is 12.2. The molecule has 1 aromatic heterocycles. The summed E-state index contributed by atoms with van der Waals surface area (Å²) in [4.78, 5) is 18.7. The first kappa shape index (κ1) is 16.4. The first-order chi connectivity index (χ1) is 11.1. The lowest BCUT2D eigenvalue weighted by atomic mass is 9.96. The number of fused-ring (bicyclic) bond motifs is 1. The van der Waals surface area contributed by atoms with E-state index in [2.05, 4.69) is 15.6 Å². The molecule has 0 radical (unpaired) electrons. The van der Waals surface area contributed by atoms with Crippen molar-refractivity contribution in [1.29, 1.82) is 0 Å². The van der Waals surface area contributed by atoms with Crippen LogP contribution in [0.4, 0.5) is 0 Å². The third-order valence-electron chi connectivity index (χ3n) is 4.78. The largest absolute Gasteiger partial charge is 0.392 e. The molecular weight excluding hydrogens is 292 g/mol. The zero-order chi connectivity index (χ0) is 16.2. The molecule has 0 spiro atoms. The van der Waals surface area contributed by atoms with E-state index in [1.54, 1.807) is 0 Å². The van der Waals surface area contributed by atoms with Crippen LogP contribution in [-0.4, -0.2) is 53.2 Å². The molecule has 0 aromatic carbocycles. The van der Waals surface area contributed by atoms with E-state index < -0.39 is 0 Å². The fourth-order valence-electron chi connectivity index (χ4n) is 3.50. The molecule has 0 unspecified atom stereocenters. The Morgan fingerprint density at radius 1 is 1.57 bits per heavy atom. The second kappa shape index (κ2) is 7.38. The fourth-order valence-corrected chi connectivity index (χ4v) is 3.50. The van der Waals surface area contributed by atoms with Crippen molar-refractivity contribution in [1.82, 2.24) is 20.5 Å². The Hall–Kier alpha value is -1.50. The van der Waals surface area contributed by atoms with E-state index in [0.29, 0.717) is 19.6 Å². The Morgan fingerprint density at radius 3 is 3.26 bits per heavy atom. The zero-order valence-electron chi connectivity index (χ0n) is 13.8. The van der Waals surface area contributed by atoms with E-state index >= 15 is 0 Å². The molecule has 6 nitrogen and oxygen atoms in total. The number of aryl methyl sites for hydroxylation is 1. The molecule has 1 aromatic rings. The summed E-state index contributed by atoms with van der Waals surface area (Å²) in [6.45, 7) is 6.22. The number of β-amino-alcohol motifs (C(OH)–C–C–N with tert-alkyl or cyclic N) is 1. The Labute approximate surface area is 137 Å². The Bertz CT molecular complexity index is 576. The molecule has 2 aliphatic rings. The average molecular weight is 318 g/mol. The van der Waals surface area contributed by atoms with Gasteiger partial charge in [-0.2, -0.15) is 0 Å². The van der Waals surface area contributed by atoms with Crippen molar-refractivity contribution in [2.24, 2.45) is 0 Å². The van der Waals surface area contributed by atoms with Gasteiger partial charge in [-0.25, -0.2) is 0 Å². The van der Waals surface area contributed by atoms with Crippen molar-refractivity contribution in [2.45, 2.75) is 45.4 Å². The van der Waals surface area contributed by atoms with Crippen LogP contribution < -0.4 is 10.6 Å². The van der Waals surface area contributed by atoms with Crippen molar-refractivity contribution in [3.63, 3.8) is 0 Å². The van der Waals surface area contributed by atoms with Crippen LogP contribution in [0.2, 0.25) is 0 Å². The molecule has 0 aliphatic carbocycles. The summed E-state index contributed by atoms with van der Waals surface area (Å²) in [6.07, 6.45) is 4.43. The SMILES string of the molecule is Cc1ncc2c(c1CNC(=O)CN1CCC[C@H](O)C1)CCNC2. The number of amides is 1. The molecule has 23 heavy (non-hydrogen) atoms. The van der Waals surface area contributed by atoms with Crippen LogP contribution in [0.15, 0.2) is 6.20 Å². The predicted octanol–water partition coefficient (Wildman–Crippen LogP) is 0.109. The Balaban J connectivity index is 1.58. The van der Waals surface area contributed by atoms with Gasteiger partial charge < -0.3 is 15.7 Å². The molecule has 1 amide bonds. The van der Waals surface area contributed by atoms with Crippen molar-refractivity contribution >= 4 is 5.91 Å². The van der Waals surface area contributed by atoms with Gasteiger partial charge in [0, 0.05) is 31.5 Å². The molecule has 0 saturated carbocycles. The van der Waals surface area contributed by atoms with Gasteiger partial charge in [0.25, 0.3) is 0 Å². The fraction of sp³-hybridized carbons (Fsp3) is 0.647. The molecule has 1 saturated heterocycles. The van der Waals surface area contributed by atoms with Gasteiger partial charge in [0.05, 0.1) is 12.6 Å². The minimum Gasteiger partial charge on any atom is -0.392 e. The third-order valence-corrected chi connectivity index (χ3v) is 4.78. The van der Waals surface area contributed by atoms with Crippen molar-refractivity contribution in [3.05, 3.63) is 28.6 Å². The summed E-state index contributed by atoms with van der Waals surface area (Å²) in [5.74, 6) is 0.0186. The number of likely N-dealkylation sites (tertiary alicyclic amines) is 1. The van der Waals surface area contributed by atoms with Crippen LogP contribution in [0.25, 0.3) is 0 Å². The summed E-state index contributed by atoms with van der Waals surface area (Å²) in [5.41, 5.74) is 4.74. The van der Waals surface area contributed by atoms with Crippen molar-refractivity contribution in [2.75, 3.05) is 26.2 Å². The minimum absolute atomic E-state index is 0.0186. The third kappa shape index (κ3) is 4.07. The van der Waals surface area contributed by atoms with Gasteiger partial charge in [-0.1, -0.05) is 0 Å². The predicted molar refractivity (Wildman–Crippen MR) is 87.9 cm³/mol. The summed E-state index contributed by atoms with van der Waals surface area (Å²) in [5, 5.41) is 16.1. The second-order valence-corrected chi connectivity index (χ2v) is 6.56. The van der Waals surface area contributed by atoms with Gasteiger partial charge >= 0.3 is 0 Å². The van der Waals surface area contributed by atoms with Crippen molar-refractivity contribution in [3.8, 4) is 0 Å². The molecule has 1 fully saturated rings. The number of rotatable bonds is 4. The maximum atomic E-state index is 12.2. The normalized spacial score (nSPS) is 21.7. The quantitative estimate of drug-likeness (QED) is 0.734. The second-order valence-electron chi connectivity index (χ2n) is 6.56. The smallest absolute Gasteiger partial charge is 0.234 e. The van der Waals surface area contributed by atoms with Gasteiger partial charge in [0.15, 0.2) is 0 Å². The molecule has 0 bridgehead atoms. The van der Waals surface area contributed by atoms with Gasteiger partial charge in [-0.05, 0) is 56.0 Å². The van der Waals surface area contributed by atoms with Crippen LogP contribution in [0.3, 0.4) is 0 Å². The number of hydrogen-bond acceptors (Lipinski definition) is 5. The minimum atomic E-state index is -0.295. The van der Waals surface area contributed by atoms with E-state index in [9.17, 15) is 9.90 Å². The lowest BCUT2D eigenvalue weighted by molar-refractivity contribution is -0.123. The van der Waals surface area contributed by atoms with Crippen LogP contribution >= 0.6 is 0 Å². The molecule has 3 rings (SSSR count). The highest BCUT2D eigenvalue weighted by Crippen LogP contribution is 2.20. The topological polar surface area (TPSA) is 77.5 Å². The average Bonchev–Trinajstić information content (AvgIpc) is 2.54. The molecule has 2 aliphatic heterocycles. The summed E-state index contributed by atoms with van der Waals surface area (Å²) < 4.78 is 0. The first-order valence-electron chi connectivity index (χ1n) is 8.47. The van der Waals surface area contributed by atoms with Crippen LogP contribution in [0, 0.1) is 6.92 Å². The van der Waals surface area contributed by atoms with Gasteiger partial charge in [-0.3, -0.25) is 14.7 Å². The van der Waals surface area contributed by atoms with Crippen molar-refractivity contribution < 1.29 is 9.90 Å². The summed E-state index contributed by atoms with van der Waals surface area (Å²) in [7, 11) is 0. The number of nitrogens with one attached hydrogen (secondary N) is 2. The Morgan fingerprint density at radius 2 is 2.43 bits per heavy atom. The standard InChI is InChI=1S/C17H26N4O2/c1-12-16(15-4-5-18-7-13(15)8-19-12)9-20-17(23)11-21-6-2-3-14(22)10-21/h8,14,18,22H,2-7,9-11H2,1H3,(H,20,23)/t14-/m0/s1. The van der Waals surface area contributed by atoms with Crippen LogP contribution in [0.5, 0.6) is 0 Å². The molecular formula is C17H26N4O2. The molecule has 3 N–H and O–H groups in total. The number of carbonyl (C=O) groups is 1. The number of hydrogen-bond donors (Lipinski definition) is 3. The summed E-state index contributed by atoms with van der Waals surface area (Å²) in [6, 6.07) is 0. The number of aromatic nitrogens is 1. The highest BCUT2D eigenvalue weighted by Gasteiger charge is 2.20. The monoisotopic (exact) mass is 318 g/mol. The van der Waals surface area contributed by atoms with E-state index in [1.165, 1.54) is 11.1 Å². The molecule has 3 heterocycles. The lowest BCUT2D eigenvalue weighted by Gasteiger charge is -2.29.